The quantitative estimate of drug-likeness (QED) is 0.930. The summed E-state index contributed by atoms with van der Waals surface area (Å²) in [4.78, 5) is 4.67. The maximum Gasteiger partial charge on any atom is 0.125 e. The molecule has 1 saturated heterocycles. The standard InChI is InChI=1S/C15H20FN3O/c1-2-6-19-14-8-11(16)3-4-13(14)18-15(19)9-12-10-20-7-5-17-12/h3-4,8,12,17H,2,5-7,9-10H2,1H3. The first-order chi connectivity index (χ1) is 9.78. The van der Waals surface area contributed by atoms with Crippen molar-refractivity contribution in [2.24, 2.45) is 0 Å². The number of rotatable bonds is 4. The van der Waals surface area contributed by atoms with Crippen molar-refractivity contribution in [3.8, 4) is 0 Å². The van der Waals surface area contributed by atoms with E-state index < -0.39 is 0 Å². The minimum Gasteiger partial charge on any atom is -0.379 e. The van der Waals surface area contributed by atoms with Gasteiger partial charge in [-0.2, -0.15) is 0 Å². The highest BCUT2D eigenvalue weighted by Gasteiger charge is 2.18. The van der Waals surface area contributed by atoms with Gasteiger partial charge in [-0.15, -0.1) is 0 Å². The molecular weight excluding hydrogens is 257 g/mol. The van der Waals surface area contributed by atoms with Crippen molar-refractivity contribution < 1.29 is 9.13 Å². The maximum atomic E-state index is 13.5. The molecular formula is C15H20FN3O. The van der Waals surface area contributed by atoms with Crippen LogP contribution in [0.25, 0.3) is 11.0 Å². The van der Waals surface area contributed by atoms with E-state index in [4.69, 9.17) is 4.74 Å². The summed E-state index contributed by atoms with van der Waals surface area (Å²) in [5.41, 5.74) is 1.75. The molecule has 2 heterocycles. The lowest BCUT2D eigenvalue weighted by Gasteiger charge is -2.23. The fraction of sp³-hybridized carbons (Fsp3) is 0.533. The summed E-state index contributed by atoms with van der Waals surface area (Å²) in [6.07, 6.45) is 1.82. The molecule has 0 saturated carbocycles. The molecule has 108 valence electrons. The number of aromatic nitrogens is 2. The zero-order valence-electron chi connectivity index (χ0n) is 11.7. The number of nitrogens with one attached hydrogen (secondary N) is 1. The fourth-order valence-electron chi connectivity index (χ4n) is 2.75. The third-order valence-corrected chi connectivity index (χ3v) is 3.66. The third-order valence-electron chi connectivity index (χ3n) is 3.66. The van der Waals surface area contributed by atoms with Crippen LogP contribution in [-0.4, -0.2) is 35.4 Å². The van der Waals surface area contributed by atoms with Gasteiger partial charge in [-0.3, -0.25) is 0 Å². The van der Waals surface area contributed by atoms with Gasteiger partial charge in [0.25, 0.3) is 0 Å². The van der Waals surface area contributed by atoms with Crippen molar-refractivity contribution in [1.29, 1.82) is 0 Å². The molecule has 1 fully saturated rings. The number of halogens is 1. The molecule has 1 aliphatic rings. The van der Waals surface area contributed by atoms with Gasteiger partial charge in [0.15, 0.2) is 0 Å². The SMILES string of the molecule is CCCn1c(CC2COCCN2)nc2ccc(F)cc21. The number of hydrogen-bond acceptors (Lipinski definition) is 3. The van der Waals surface area contributed by atoms with E-state index in [1.165, 1.54) is 6.07 Å². The predicted octanol–water partition coefficient (Wildman–Crippen LogP) is 2.12. The van der Waals surface area contributed by atoms with Crippen molar-refractivity contribution in [2.45, 2.75) is 32.4 Å². The van der Waals surface area contributed by atoms with Crippen LogP contribution in [0.3, 0.4) is 0 Å². The largest absolute Gasteiger partial charge is 0.379 e. The van der Waals surface area contributed by atoms with E-state index >= 15 is 0 Å². The van der Waals surface area contributed by atoms with E-state index in [1.807, 2.05) is 0 Å². The molecule has 5 heteroatoms. The second-order valence-corrected chi connectivity index (χ2v) is 5.24. The van der Waals surface area contributed by atoms with E-state index in [9.17, 15) is 4.39 Å². The molecule has 0 aliphatic carbocycles. The Hall–Kier alpha value is -1.46. The summed E-state index contributed by atoms with van der Waals surface area (Å²) < 4.78 is 21.1. The summed E-state index contributed by atoms with van der Waals surface area (Å²) in [6, 6.07) is 5.09. The zero-order valence-corrected chi connectivity index (χ0v) is 11.7. The van der Waals surface area contributed by atoms with Crippen molar-refractivity contribution in [1.82, 2.24) is 14.9 Å². The summed E-state index contributed by atoms with van der Waals surface area (Å²) in [5, 5.41) is 3.44. The van der Waals surface area contributed by atoms with E-state index in [1.54, 1.807) is 12.1 Å². The number of aryl methyl sites for hydroxylation is 1. The van der Waals surface area contributed by atoms with Crippen molar-refractivity contribution in [2.75, 3.05) is 19.8 Å². The van der Waals surface area contributed by atoms with E-state index in [0.717, 1.165) is 49.4 Å². The topological polar surface area (TPSA) is 39.1 Å². The predicted molar refractivity (Wildman–Crippen MR) is 76.3 cm³/mol. The Balaban J connectivity index is 1.93. The van der Waals surface area contributed by atoms with Gasteiger partial charge in [0.1, 0.15) is 11.6 Å². The van der Waals surface area contributed by atoms with Crippen LogP contribution < -0.4 is 5.32 Å². The van der Waals surface area contributed by atoms with Crippen LogP contribution in [0.2, 0.25) is 0 Å². The maximum absolute atomic E-state index is 13.5. The molecule has 0 amide bonds. The number of ether oxygens (including phenoxy) is 1. The van der Waals surface area contributed by atoms with E-state index in [0.29, 0.717) is 12.6 Å². The van der Waals surface area contributed by atoms with Crippen LogP contribution in [0.4, 0.5) is 4.39 Å². The lowest BCUT2D eigenvalue weighted by Crippen LogP contribution is -2.43. The monoisotopic (exact) mass is 277 g/mol. The van der Waals surface area contributed by atoms with Gasteiger partial charge in [-0.05, 0) is 24.6 Å². The lowest BCUT2D eigenvalue weighted by atomic mass is 10.2. The first kappa shape index (κ1) is 13.5. The van der Waals surface area contributed by atoms with Crippen LogP contribution in [0.15, 0.2) is 18.2 Å². The van der Waals surface area contributed by atoms with Crippen molar-refractivity contribution in [3.63, 3.8) is 0 Å². The van der Waals surface area contributed by atoms with Gasteiger partial charge in [-0.25, -0.2) is 9.37 Å². The Morgan fingerprint density at radius 1 is 1.50 bits per heavy atom. The van der Waals surface area contributed by atoms with Gasteiger partial charge >= 0.3 is 0 Å². The molecule has 1 aromatic heterocycles. The van der Waals surface area contributed by atoms with Crippen LogP contribution in [0.5, 0.6) is 0 Å². The minimum absolute atomic E-state index is 0.208. The summed E-state index contributed by atoms with van der Waals surface area (Å²) in [6.45, 7) is 5.35. The highest BCUT2D eigenvalue weighted by molar-refractivity contribution is 5.76. The fourth-order valence-corrected chi connectivity index (χ4v) is 2.75. The van der Waals surface area contributed by atoms with Gasteiger partial charge < -0.3 is 14.6 Å². The Bertz CT molecular complexity index is 590. The highest BCUT2D eigenvalue weighted by Crippen LogP contribution is 2.19. The molecule has 1 atom stereocenters. The number of fused-ring (bicyclic) bond motifs is 1. The molecule has 0 spiro atoms. The van der Waals surface area contributed by atoms with Crippen LogP contribution in [0, 0.1) is 5.82 Å². The average Bonchev–Trinajstić information content (AvgIpc) is 2.78. The average molecular weight is 277 g/mol. The molecule has 4 nitrogen and oxygen atoms in total. The summed E-state index contributed by atoms with van der Waals surface area (Å²) >= 11 is 0. The van der Waals surface area contributed by atoms with Crippen LogP contribution in [-0.2, 0) is 17.7 Å². The minimum atomic E-state index is -0.208. The number of morpholine rings is 1. The molecule has 1 aromatic carbocycles. The Kier molecular flexibility index (Phi) is 3.98. The molecule has 20 heavy (non-hydrogen) atoms. The normalized spacial score (nSPS) is 19.6. The van der Waals surface area contributed by atoms with Gasteiger partial charge in [0.2, 0.25) is 0 Å². The van der Waals surface area contributed by atoms with Crippen molar-refractivity contribution in [3.05, 3.63) is 29.8 Å². The second kappa shape index (κ2) is 5.89. The first-order valence-corrected chi connectivity index (χ1v) is 7.23. The number of nitrogens with zero attached hydrogens (tertiary/aromatic N) is 2. The molecule has 2 aromatic rings. The smallest absolute Gasteiger partial charge is 0.125 e. The Morgan fingerprint density at radius 2 is 2.40 bits per heavy atom. The van der Waals surface area contributed by atoms with E-state index in [-0.39, 0.29) is 5.82 Å². The number of benzene rings is 1. The molecule has 1 unspecified atom stereocenters. The molecule has 3 rings (SSSR count). The third kappa shape index (κ3) is 2.69. The van der Waals surface area contributed by atoms with Crippen LogP contribution in [0.1, 0.15) is 19.2 Å². The first-order valence-electron chi connectivity index (χ1n) is 7.23. The second-order valence-electron chi connectivity index (χ2n) is 5.24. The Labute approximate surface area is 117 Å². The molecule has 1 aliphatic heterocycles. The van der Waals surface area contributed by atoms with Gasteiger partial charge in [-0.1, -0.05) is 6.92 Å². The zero-order chi connectivity index (χ0) is 13.9. The van der Waals surface area contributed by atoms with E-state index in [2.05, 4.69) is 21.8 Å². The highest BCUT2D eigenvalue weighted by atomic mass is 19.1. The lowest BCUT2D eigenvalue weighted by molar-refractivity contribution is 0.0761. The van der Waals surface area contributed by atoms with Gasteiger partial charge in [0.05, 0.1) is 24.2 Å². The van der Waals surface area contributed by atoms with Gasteiger partial charge in [0, 0.05) is 25.6 Å². The Morgan fingerprint density at radius 3 is 3.15 bits per heavy atom. The van der Waals surface area contributed by atoms with Crippen molar-refractivity contribution >= 4 is 11.0 Å². The molecule has 0 bridgehead atoms. The summed E-state index contributed by atoms with van der Waals surface area (Å²) in [7, 11) is 0. The summed E-state index contributed by atoms with van der Waals surface area (Å²) in [5.74, 6) is 0.802. The number of hydrogen-bond donors (Lipinski definition) is 1. The number of imidazole rings is 1. The molecule has 1 N–H and O–H groups in total. The van der Waals surface area contributed by atoms with Crippen LogP contribution >= 0.6 is 0 Å². The molecule has 0 radical (unpaired) electrons.